The Hall–Kier alpha value is -3.46. The average Bonchev–Trinajstić information content (AvgIpc) is 2.88. The molecule has 1 heterocycles. The fourth-order valence-electron chi connectivity index (χ4n) is 5.48. The molecule has 178 valence electrons. The molecule has 0 radical (unpaired) electrons. The first-order valence-corrected chi connectivity index (χ1v) is 12.8. The van der Waals surface area contributed by atoms with Gasteiger partial charge in [-0.05, 0) is 74.1 Å². The van der Waals surface area contributed by atoms with Gasteiger partial charge in [0.2, 0.25) is 0 Å². The van der Waals surface area contributed by atoms with Gasteiger partial charge in [0, 0.05) is 5.56 Å². The molecule has 1 aliphatic rings. The molecule has 3 aromatic carbocycles. The number of rotatable bonds is 6. The zero-order valence-electron chi connectivity index (χ0n) is 21.0. The Kier molecular flexibility index (Phi) is 6.68. The molecule has 0 fully saturated rings. The van der Waals surface area contributed by atoms with Crippen LogP contribution in [0.5, 0.6) is 0 Å². The summed E-state index contributed by atoms with van der Waals surface area (Å²) in [5.74, 6) is 1.32. The van der Waals surface area contributed by atoms with Crippen LogP contribution in [0, 0.1) is 19.8 Å². The third-order valence-electron chi connectivity index (χ3n) is 7.48. The maximum atomic E-state index is 14.0. The molecule has 2 unspecified atom stereocenters. The van der Waals surface area contributed by atoms with Crippen LogP contribution in [-0.2, 0) is 25.7 Å². The number of benzene rings is 3. The van der Waals surface area contributed by atoms with Crippen molar-refractivity contribution in [1.82, 2.24) is 9.55 Å². The number of aryl methyl sites for hydroxylation is 3. The van der Waals surface area contributed by atoms with Gasteiger partial charge in [0.1, 0.15) is 5.82 Å². The van der Waals surface area contributed by atoms with Crippen LogP contribution in [0.1, 0.15) is 64.3 Å². The fourth-order valence-corrected chi connectivity index (χ4v) is 5.48. The van der Waals surface area contributed by atoms with Crippen molar-refractivity contribution in [1.29, 1.82) is 0 Å². The summed E-state index contributed by atoms with van der Waals surface area (Å²) in [4.78, 5) is 19.1. The zero-order valence-corrected chi connectivity index (χ0v) is 21.0. The van der Waals surface area contributed by atoms with Crippen LogP contribution in [0.15, 0.2) is 83.7 Å². The smallest absolute Gasteiger partial charge is 0.257 e. The third kappa shape index (κ3) is 4.86. The van der Waals surface area contributed by atoms with E-state index in [9.17, 15) is 4.79 Å². The van der Waals surface area contributed by atoms with Crippen molar-refractivity contribution in [3.63, 3.8) is 0 Å². The summed E-state index contributed by atoms with van der Waals surface area (Å²) in [6, 6.07) is 27.7. The molecule has 0 aliphatic heterocycles. The van der Waals surface area contributed by atoms with Gasteiger partial charge in [0.05, 0.1) is 11.7 Å². The van der Waals surface area contributed by atoms with Gasteiger partial charge < -0.3 is 0 Å². The predicted octanol–water partition coefficient (Wildman–Crippen LogP) is 6.41. The molecular weight excluding hydrogens is 428 g/mol. The van der Waals surface area contributed by atoms with Crippen LogP contribution in [0.4, 0.5) is 0 Å². The summed E-state index contributed by atoms with van der Waals surface area (Å²) in [5.41, 5.74) is 8.14. The van der Waals surface area contributed by atoms with Crippen molar-refractivity contribution in [3.8, 4) is 0 Å². The molecule has 0 N–H and O–H groups in total. The van der Waals surface area contributed by atoms with Crippen molar-refractivity contribution in [3.05, 3.63) is 134 Å². The maximum Gasteiger partial charge on any atom is 0.257 e. The van der Waals surface area contributed by atoms with Crippen LogP contribution in [-0.4, -0.2) is 9.55 Å². The quantitative estimate of drug-likeness (QED) is 0.332. The predicted molar refractivity (Wildman–Crippen MR) is 143 cm³/mol. The molecule has 35 heavy (non-hydrogen) atoms. The van der Waals surface area contributed by atoms with Crippen LogP contribution in [0.2, 0.25) is 0 Å². The van der Waals surface area contributed by atoms with E-state index in [4.69, 9.17) is 4.98 Å². The van der Waals surface area contributed by atoms with Gasteiger partial charge in [-0.3, -0.25) is 9.36 Å². The standard InChI is InChI=1S/C32H34N2O/c1-4-24-12-17-28(18-13-24)31(27-15-10-22(2)11-16-27)34-23(3)33-30-21-26(14-19-29(30)32(34)35)20-25-8-6-5-7-9-25/h5-13,15-18,26,31H,4,14,19-21H2,1-3H3. The first kappa shape index (κ1) is 23.3. The molecule has 4 aromatic rings. The highest BCUT2D eigenvalue weighted by molar-refractivity contribution is 5.37. The molecule has 2 atom stereocenters. The van der Waals surface area contributed by atoms with Crippen molar-refractivity contribution >= 4 is 0 Å². The molecule has 5 rings (SSSR count). The van der Waals surface area contributed by atoms with Crippen LogP contribution < -0.4 is 5.56 Å². The summed E-state index contributed by atoms with van der Waals surface area (Å²) in [5, 5.41) is 0. The average molecular weight is 463 g/mol. The van der Waals surface area contributed by atoms with Gasteiger partial charge in [-0.15, -0.1) is 0 Å². The Morgan fingerprint density at radius 3 is 2.20 bits per heavy atom. The first-order valence-electron chi connectivity index (χ1n) is 12.8. The fraction of sp³-hybridized carbons (Fsp3) is 0.312. The van der Waals surface area contributed by atoms with E-state index in [1.165, 1.54) is 16.7 Å². The molecule has 0 bridgehead atoms. The molecule has 1 aliphatic carbocycles. The maximum absolute atomic E-state index is 14.0. The Morgan fingerprint density at radius 2 is 1.54 bits per heavy atom. The van der Waals surface area contributed by atoms with E-state index in [1.54, 1.807) is 0 Å². The van der Waals surface area contributed by atoms with Gasteiger partial charge in [0.25, 0.3) is 5.56 Å². The molecule has 0 saturated heterocycles. The van der Waals surface area contributed by atoms with Crippen molar-refractivity contribution < 1.29 is 0 Å². The number of nitrogens with zero attached hydrogens (tertiary/aromatic N) is 2. The number of hydrogen-bond acceptors (Lipinski definition) is 2. The lowest BCUT2D eigenvalue weighted by atomic mass is 9.83. The molecule has 3 heteroatoms. The lowest BCUT2D eigenvalue weighted by Crippen LogP contribution is -2.35. The van der Waals surface area contributed by atoms with Crippen molar-refractivity contribution in [2.45, 2.75) is 58.9 Å². The summed E-state index contributed by atoms with van der Waals surface area (Å²) in [6.45, 7) is 6.25. The highest BCUT2D eigenvalue weighted by Crippen LogP contribution is 2.30. The largest absolute Gasteiger partial charge is 0.285 e. The van der Waals surface area contributed by atoms with Gasteiger partial charge in [-0.25, -0.2) is 4.98 Å². The zero-order chi connectivity index (χ0) is 24.4. The second kappa shape index (κ2) is 10.0. The highest BCUT2D eigenvalue weighted by atomic mass is 16.1. The van der Waals surface area contributed by atoms with E-state index in [1.807, 2.05) is 11.5 Å². The topological polar surface area (TPSA) is 34.9 Å². The van der Waals surface area contributed by atoms with E-state index in [-0.39, 0.29) is 11.6 Å². The summed E-state index contributed by atoms with van der Waals surface area (Å²) in [6.07, 6.45) is 4.75. The molecule has 0 spiro atoms. The van der Waals surface area contributed by atoms with Gasteiger partial charge in [-0.1, -0.05) is 91.3 Å². The highest BCUT2D eigenvalue weighted by Gasteiger charge is 2.27. The molecule has 0 saturated carbocycles. The third-order valence-corrected chi connectivity index (χ3v) is 7.48. The molecular formula is C32H34N2O. The SMILES string of the molecule is CCc1ccc(C(c2ccc(C)cc2)n2c(C)nc3c(c2=O)CCC(Cc2ccccc2)C3)cc1. The number of aromatic nitrogens is 2. The Labute approximate surface area is 208 Å². The minimum absolute atomic E-state index is 0.121. The summed E-state index contributed by atoms with van der Waals surface area (Å²) in [7, 11) is 0. The number of hydrogen-bond donors (Lipinski definition) is 0. The van der Waals surface area contributed by atoms with E-state index in [0.29, 0.717) is 5.92 Å². The Balaban J connectivity index is 1.55. The second-order valence-electron chi connectivity index (χ2n) is 9.97. The summed E-state index contributed by atoms with van der Waals surface area (Å²) < 4.78 is 1.93. The van der Waals surface area contributed by atoms with Crippen molar-refractivity contribution in [2.75, 3.05) is 0 Å². The minimum atomic E-state index is -0.186. The van der Waals surface area contributed by atoms with E-state index in [0.717, 1.165) is 60.3 Å². The first-order chi connectivity index (χ1) is 17.0. The Bertz CT molecular complexity index is 1350. The second-order valence-corrected chi connectivity index (χ2v) is 9.97. The van der Waals surface area contributed by atoms with Gasteiger partial charge >= 0.3 is 0 Å². The Morgan fingerprint density at radius 1 is 0.886 bits per heavy atom. The molecule has 0 amide bonds. The lowest BCUT2D eigenvalue weighted by molar-refractivity contribution is 0.437. The van der Waals surface area contributed by atoms with E-state index >= 15 is 0 Å². The van der Waals surface area contributed by atoms with Crippen LogP contribution in [0.3, 0.4) is 0 Å². The van der Waals surface area contributed by atoms with Gasteiger partial charge in [-0.2, -0.15) is 0 Å². The van der Waals surface area contributed by atoms with E-state index in [2.05, 4.69) is 92.7 Å². The number of fused-ring (bicyclic) bond motifs is 1. The van der Waals surface area contributed by atoms with Crippen LogP contribution >= 0.6 is 0 Å². The summed E-state index contributed by atoms with van der Waals surface area (Å²) >= 11 is 0. The van der Waals surface area contributed by atoms with Crippen molar-refractivity contribution in [2.24, 2.45) is 5.92 Å². The minimum Gasteiger partial charge on any atom is -0.285 e. The van der Waals surface area contributed by atoms with Crippen LogP contribution in [0.25, 0.3) is 0 Å². The van der Waals surface area contributed by atoms with Gasteiger partial charge in [0.15, 0.2) is 0 Å². The monoisotopic (exact) mass is 462 g/mol. The normalized spacial score (nSPS) is 16.0. The lowest BCUT2D eigenvalue weighted by Gasteiger charge is -2.28. The molecule has 3 nitrogen and oxygen atoms in total. The van der Waals surface area contributed by atoms with E-state index < -0.39 is 0 Å². The molecule has 1 aromatic heterocycles.